The first-order valence-electron chi connectivity index (χ1n) is 10.6. The van der Waals surface area contributed by atoms with Crippen LogP contribution < -0.4 is 15.0 Å². The zero-order valence-corrected chi connectivity index (χ0v) is 19.6. The van der Waals surface area contributed by atoms with E-state index in [2.05, 4.69) is 16.4 Å². The van der Waals surface area contributed by atoms with Crippen molar-refractivity contribution >= 4 is 56.5 Å². The van der Waals surface area contributed by atoms with Crippen LogP contribution >= 0.6 is 23.1 Å². The van der Waals surface area contributed by atoms with Crippen molar-refractivity contribution < 1.29 is 18.7 Å². The lowest BCUT2D eigenvalue weighted by Gasteiger charge is -2.16. The van der Waals surface area contributed by atoms with Crippen LogP contribution in [0.4, 0.5) is 15.8 Å². The average Bonchev–Trinajstić information content (AvgIpc) is 3.46. The fourth-order valence-corrected chi connectivity index (χ4v) is 5.70. The topological polar surface area (TPSA) is 71.5 Å². The van der Waals surface area contributed by atoms with Crippen LogP contribution in [0, 0.1) is 5.82 Å². The lowest BCUT2D eigenvalue weighted by Crippen LogP contribution is -2.30. The maximum absolute atomic E-state index is 13.0. The Morgan fingerprint density at radius 2 is 1.94 bits per heavy atom. The number of fused-ring (bicyclic) bond motifs is 2. The SMILES string of the molecule is O=C(COc1ccc(F)cc1)Nc1ccc2nc(SCC(=O)N3CCc4ccccc43)sc2c1. The predicted octanol–water partition coefficient (Wildman–Crippen LogP) is 5.13. The van der Waals surface area contributed by atoms with Crippen LogP contribution in [-0.4, -0.2) is 35.7 Å². The third-order valence-electron chi connectivity index (χ3n) is 5.34. The zero-order chi connectivity index (χ0) is 23.5. The van der Waals surface area contributed by atoms with E-state index in [0.29, 0.717) is 23.7 Å². The Kier molecular flexibility index (Phi) is 6.46. The number of ether oxygens (including phenoxy) is 1. The van der Waals surface area contributed by atoms with Gasteiger partial charge in [0.05, 0.1) is 16.0 Å². The van der Waals surface area contributed by atoms with Crippen LogP contribution in [0.1, 0.15) is 5.56 Å². The molecule has 5 rings (SSSR count). The Balaban J connectivity index is 1.17. The number of hydrogen-bond donors (Lipinski definition) is 1. The fourth-order valence-electron chi connectivity index (χ4n) is 3.72. The number of thiazole rings is 1. The second kappa shape index (κ2) is 9.82. The molecule has 1 N–H and O–H groups in total. The smallest absolute Gasteiger partial charge is 0.262 e. The van der Waals surface area contributed by atoms with E-state index in [9.17, 15) is 14.0 Å². The molecule has 1 aliphatic rings. The number of amides is 2. The number of hydrogen-bond acceptors (Lipinski definition) is 6. The first kappa shape index (κ1) is 22.4. The highest BCUT2D eigenvalue weighted by Gasteiger charge is 2.24. The second-order valence-electron chi connectivity index (χ2n) is 7.67. The molecular weight excluding hydrogens is 473 g/mol. The Morgan fingerprint density at radius 3 is 2.79 bits per heavy atom. The number of aromatic nitrogens is 1. The fraction of sp³-hybridized carbons (Fsp3) is 0.160. The summed E-state index contributed by atoms with van der Waals surface area (Å²) in [4.78, 5) is 31.4. The van der Waals surface area contributed by atoms with Crippen LogP contribution in [-0.2, 0) is 16.0 Å². The van der Waals surface area contributed by atoms with Gasteiger partial charge in [-0.05, 0) is 60.5 Å². The molecule has 0 fully saturated rings. The minimum atomic E-state index is -0.363. The van der Waals surface area contributed by atoms with Crippen molar-refractivity contribution in [2.75, 3.05) is 29.1 Å². The Bertz CT molecular complexity index is 1360. The lowest BCUT2D eigenvalue weighted by atomic mass is 10.2. The van der Waals surface area contributed by atoms with E-state index in [1.165, 1.54) is 52.9 Å². The Morgan fingerprint density at radius 1 is 1.12 bits per heavy atom. The highest BCUT2D eigenvalue weighted by atomic mass is 32.2. The molecule has 0 bridgehead atoms. The summed E-state index contributed by atoms with van der Waals surface area (Å²) in [5, 5.41) is 2.79. The first-order valence-corrected chi connectivity index (χ1v) is 12.5. The quantitative estimate of drug-likeness (QED) is 0.361. The molecule has 172 valence electrons. The zero-order valence-electron chi connectivity index (χ0n) is 18.0. The van der Waals surface area contributed by atoms with Crippen molar-refractivity contribution in [3.8, 4) is 5.75 Å². The normalized spacial score (nSPS) is 12.6. The van der Waals surface area contributed by atoms with Crippen molar-refractivity contribution in [2.45, 2.75) is 10.8 Å². The molecule has 2 amide bonds. The minimum Gasteiger partial charge on any atom is -0.484 e. The summed E-state index contributed by atoms with van der Waals surface area (Å²) in [5.74, 6) is 0.127. The van der Waals surface area contributed by atoms with E-state index in [1.54, 1.807) is 6.07 Å². The summed E-state index contributed by atoms with van der Waals surface area (Å²) >= 11 is 2.91. The highest BCUT2D eigenvalue weighted by molar-refractivity contribution is 8.01. The number of thioether (sulfide) groups is 1. The molecule has 4 aromatic rings. The molecular formula is C25H20FN3O3S2. The third-order valence-corrected chi connectivity index (χ3v) is 7.49. The number of nitrogens with zero attached hydrogens (tertiary/aromatic N) is 2. The number of carbonyl (C=O) groups excluding carboxylic acids is 2. The van der Waals surface area contributed by atoms with E-state index < -0.39 is 0 Å². The van der Waals surface area contributed by atoms with Gasteiger partial charge in [0.1, 0.15) is 11.6 Å². The summed E-state index contributed by atoms with van der Waals surface area (Å²) in [7, 11) is 0. The first-order chi connectivity index (χ1) is 16.5. The standard InChI is InChI=1S/C25H20FN3O3S2/c26-17-5-8-19(9-6-17)32-14-23(30)27-18-7-10-20-22(13-18)34-25(28-20)33-15-24(31)29-12-11-16-3-1-2-4-21(16)29/h1-10,13H,11-12,14-15H2,(H,27,30). The molecule has 0 spiro atoms. The van der Waals surface area contributed by atoms with Gasteiger partial charge in [-0.25, -0.2) is 9.37 Å². The number of nitrogens with one attached hydrogen (secondary N) is 1. The van der Waals surface area contributed by atoms with Crippen LogP contribution in [0.25, 0.3) is 10.2 Å². The lowest BCUT2D eigenvalue weighted by molar-refractivity contribution is -0.118. The van der Waals surface area contributed by atoms with E-state index in [-0.39, 0.29) is 24.2 Å². The van der Waals surface area contributed by atoms with E-state index >= 15 is 0 Å². The van der Waals surface area contributed by atoms with Gasteiger partial charge in [0.2, 0.25) is 5.91 Å². The number of rotatable bonds is 7. The highest BCUT2D eigenvalue weighted by Crippen LogP contribution is 2.33. The summed E-state index contributed by atoms with van der Waals surface area (Å²) in [6.07, 6.45) is 0.886. The van der Waals surface area contributed by atoms with Crippen molar-refractivity contribution in [1.29, 1.82) is 0 Å². The van der Waals surface area contributed by atoms with Crippen LogP contribution in [0.5, 0.6) is 5.75 Å². The molecule has 34 heavy (non-hydrogen) atoms. The molecule has 0 unspecified atom stereocenters. The molecule has 0 radical (unpaired) electrons. The molecule has 9 heteroatoms. The van der Waals surface area contributed by atoms with Crippen molar-refractivity contribution in [1.82, 2.24) is 4.98 Å². The molecule has 3 aromatic carbocycles. The summed E-state index contributed by atoms with van der Waals surface area (Å²) in [5.41, 5.74) is 3.65. The number of para-hydroxylation sites is 1. The third kappa shape index (κ3) is 5.05. The van der Waals surface area contributed by atoms with Gasteiger partial charge in [-0.15, -0.1) is 11.3 Å². The van der Waals surface area contributed by atoms with Gasteiger partial charge >= 0.3 is 0 Å². The maximum Gasteiger partial charge on any atom is 0.262 e. The number of anilines is 2. The van der Waals surface area contributed by atoms with Crippen molar-refractivity contribution in [2.24, 2.45) is 0 Å². The Labute approximate surface area is 203 Å². The molecule has 0 saturated heterocycles. The summed E-state index contributed by atoms with van der Waals surface area (Å²) in [6.45, 7) is 0.529. The van der Waals surface area contributed by atoms with Crippen LogP contribution in [0.3, 0.4) is 0 Å². The Hall–Kier alpha value is -3.43. The maximum atomic E-state index is 13.0. The summed E-state index contributed by atoms with van der Waals surface area (Å²) in [6, 6.07) is 19.0. The molecule has 1 aromatic heterocycles. The largest absolute Gasteiger partial charge is 0.484 e. The number of benzene rings is 3. The van der Waals surface area contributed by atoms with Gasteiger partial charge in [0.15, 0.2) is 10.9 Å². The van der Waals surface area contributed by atoms with Crippen molar-refractivity contribution in [3.63, 3.8) is 0 Å². The van der Waals surface area contributed by atoms with Crippen LogP contribution in [0.15, 0.2) is 71.1 Å². The molecule has 2 heterocycles. The van der Waals surface area contributed by atoms with E-state index in [1.807, 2.05) is 35.2 Å². The van der Waals surface area contributed by atoms with Gasteiger partial charge in [-0.1, -0.05) is 30.0 Å². The number of carbonyl (C=O) groups is 2. The van der Waals surface area contributed by atoms with E-state index in [0.717, 1.165) is 26.7 Å². The second-order valence-corrected chi connectivity index (χ2v) is 9.92. The molecule has 6 nitrogen and oxygen atoms in total. The van der Waals surface area contributed by atoms with Gasteiger partial charge < -0.3 is 15.0 Å². The molecule has 0 atom stereocenters. The monoisotopic (exact) mass is 493 g/mol. The van der Waals surface area contributed by atoms with Crippen LogP contribution in [0.2, 0.25) is 0 Å². The minimum absolute atomic E-state index is 0.0725. The number of halogens is 1. The van der Waals surface area contributed by atoms with Gasteiger partial charge in [-0.2, -0.15) is 0 Å². The average molecular weight is 494 g/mol. The molecule has 0 saturated carbocycles. The molecule has 1 aliphatic heterocycles. The molecule has 0 aliphatic carbocycles. The van der Waals surface area contributed by atoms with Crippen molar-refractivity contribution in [3.05, 3.63) is 78.1 Å². The van der Waals surface area contributed by atoms with Gasteiger partial charge in [0, 0.05) is 17.9 Å². The predicted molar refractivity (Wildman–Crippen MR) is 133 cm³/mol. The van der Waals surface area contributed by atoms with E-state index in [4.69, 9.17) is 4.74 Å². The van der Waals surface area contributed by atoms with Gasteiger partial charge in [0.25, 0.3) is 5.91 Å². The summed E-state index contributed by atoms with van der Waals surface area (Å²) < 4.78 is 20.1. The van der Waals surface area contributed by atoms with Gasteiger partial charge in [-0.3, -0.25) is 9.59 Å².